The fraction of sp³-hybridized carbons (Fsp3) is 0.100. The summed E-state index contributed by atoms with van der Waals surface area (Å²) in [6, 6.07) is 23.9. The lowest BCUT2D eigenvalue weighted by molar-refractivity contribution is 0.303. The van der Waals surface area contributed by atoms with Crippen molar-refractivity contribution in [1.29, 1.82) is 0 Å². The topological polar surface area (TPSA) is 21.3 Å². The van der Waals surface area contributed by atoms with Crippen molar-refractivity contribution in [2.45, 2.75) is 13.2 Å². The van der Waals surface area contributed by atoms with E-state index in [0.717, 1.165) is 32.1 Å². The van der Waals surface area contributed by atoms with E-state index < -0.39 is 0 Å². The van der Waals surface area contributed by atoms with Gasteiger partial charge in [0.2, 0.25) is 0 Å². The highest BCUT2D eigenvalue weighted by molar-refractivity contribution is 9.10. The Morgan fingerprint density at radius 1 is 0.917 bits per heavy atom. The van der Waals surface area contributed by atoms with Gasteiger partial charge in [-0.25, -0.2) is 0 Å². The van der Waals surface area contributed by atoms with Crippen LogP contribution in [0.2, 0.25) is 5.02 Å². The number of nitrogens with one attached hydrogen (secondary N) is 1. The number of hydrogen-bond acceptors (Lipinski definition) is 2. The fourth-order valence-corrected chi connectivity index (χ4v) is 2.99. The van der Waals surface area contributed by atoms with Crippen molar-refractivity contribution < 1.29 is 4.74 Å². The van der Waals surface area contributed by atoms with Crippen LogP contribution in [0.4, 0.5) is 5.69 Å². The van der Waals surface area contributed by atoms with Crippen LogP contribution in [-0.2, 0) is 13.2 Å². The van der Waals surface area contributed by atoms with Gasteiger partial charge in [-0.1, -0.05) is 57.9 Å². The highest BCUT2D eigenvalue weighted by atomic mass is 79.9. The molecule has 0 spiro atoms. The minimum atomic E-state index is 0.487. The number of hydrogen-bond donors (Lipinski definition) is 1. The van der Waals surface area contributed by atoms with Gasteiger partial charge in [0, 0.05) is 27.3 Å². The minimum absolute atomic E-state index is 0.487. The van der Waals surface area contributed by atoms with Gasteiger partial charge >= 0.3 is 0 Å². The van der Waals surface area contributed by atoms with E-state index >= 15 is 0 Å². The van der Waals surface area contributed by atoms with Crippen molar-refractivity contribution in [2.75, 3.05) is 5.32 Å². The molecule has 0 unspecified atom stereocenters. The molecular weight excluding hydrogens is 386 g/mol. The summed E-state index contributed by atoms with van der Waals surface area (Å²) in [5.41, 5.74) is 3.22. The van der Waals surface area contributed by atoms with Crippen molar-refractivity contribution >= 4 is 33.2 Å². The minimum Gasteiger partial charge on any atom is -0.489 e. The van der Waals surface area contributed by atoms with E-state index in [1.807, 2.05) is 66.7 Å². The predicted molar refractivity (Wildman–Crippen MR) is 104 cm³/mol. The zero-order chi connectivity index (χ0) is 16.8. The molecule has 0 aromatic heterocycles. The molecule has 3 rings (SSSR count). The first-order chi connectivity index (χ1) is 11.7. The van der Waals surface area contributed by atoms with Gasteiger partial charge < -0.3 is 10.1 Å². The Morgan fingerprint density at radius 2 is 1.75 bits per heavy atom. The molecule has 0 saturated heterocycles. The molecule has 0 bridgehead atoms. The molecule has 3 aromatic rings. The van der Waals surface area contributed by atoms with Crippen molar-refractivity contribution in [3.8, 4) is 5.75 Å². The molecule has 0 radical (unpaired) electrons. The molecule has 0 saturated carbocycles. The molecule has 0 fully saturated rings. The van der Waals surface area contributed by atoms with Gasteiger partial charge in [0.25, 0.3) is 0 Å². The van der Waals surface area contributed by atoms with Crippen LogP contribution in [0.15, 0.2) is 77.3 Å². The lowest BCUT2D eigenvalue weighted by atomic mass is 10.2. The Morgan fingerprint density at radius 3 is 2.54 bits per heavy atom. The maximum atomic E-state index is 6.02. The van der Waals surface area contributed by atoms with Gasteiger partial charge in [0.15, 0.2) is 0 Å². The van der Waals surface area contributed by atoms with E-state index in [1.54, 1.807) is 0 Å². The second-order valence-electron chi connectivity index (χ2n) is 5.39. The summed E-state index contributed by atoms with van der Waals surface area (Å²) in [4.78, 5) is 0. The summed E-state index contributed by atoms with van der Waals surface area (Å²) in [5.74, 6) is 0.863. The lowest BCUT2D eigenvalue weighted by Gasteiger charge is -2.14. The number of rotatable bonds is 6. The van der Waals surface area contributed by atoms with Gasteiger partial charge in [-0.15, -0.1) is 0 Å². The van der Waals surface area contributed by atoms with E-state index in [4.69, 9.17) is 16.3 Å². The molecule has 2 nitrogen and oxygen atoms in total. The molecule has 24 heavy (non-hydrogen) atoms. The van der Waals surface area contributed by atoms with Crippen molar-refractivity contribution in [3.63, 3.8) is 0 Å². The Hall–Kier alpha value is -1.97. The van der Waals surface area contributed by atoms with Crippen LogP contribution in [0.5, 0.6) is 5.75 Å². The van der Waals surface area contributed by atoms with E-state index in [9.17, 15) is 0 Å². The third kappa shape index (κ3) is 4.76. The molecule has 0 aliphatic heterocycles. The van der Waals surface area contributed by atoms with E-state index in [2.05, 4.69) is 27.3 Å². The second kappa shape index (κ2) is 8.22. The average molecular weight is 403 g/mol. The maximum Gasteiger partial charge on any atom is 0.124 e. The average Bonchev–Trinajstić information content (AvgIpc) is 2.60. The molecule has 3 aromatic carbocycles. The summed E-state index contributed by atoms with van der Waals surface area (Å²) >= 11 is 9.55. The number of ether oxygens (including phenoxy) is 1. The van der Waals surface area contributed by atoms with Crippen LogP contribution in [0.25, 0.3) is 0 Å². The van der Waals surface area contributed by atoms with Crippen LogP contribution in [-0.4, -0.2) is 0 Å². The highest BCUT2D eigenvalue weighted by Gasteiger charge is 2.06. The van der Waals surface area contributed by atoms with Crippen LogP contribution < -0.4 is 10.1 Å². The third-order valence-electron chi connectivity index (χ3n) is 3.56. The Balaban J connectivity index is 1.70. The normalized spacial score (nSPS) is 10.4. The molecule has 4 heteroatoms. The standard InChI is InChI=1S/C20H17BrClNO/c21-17-9-10-20(24-14-15-5-4-6-18(22)11-15)16(12-17)13-23-19-7-2-1-3-8-19/h1-12,23H,13-14H2. The van der Waals surface area contributed by atoms with Crippen molar-refractivity contribution in [1.82, 2.24) is 0 Å². The van der Waals surface area contributed by atoms with Gasteiger partial charge in [-0.2, -0.15) is 0 Å². The van der Waals surface area contributed by atoms with Crippen molar-refractivity contribution in [3.05, 3.63) is 93.4 Å². The zero-order valence-electron chi connectivity index (χ0n) is 13.0. The summed E-state index contributed by atoms with van der Waals surface area (Å²) in [7, 11) is 0. The summed E-state index contributed by atoms with van der Waals surface area (Å²) in [6.45, 7) is 1.18. The number of para-hydroxylation sites is 1. The first-order valence-corrected chi connectivity index (χ1v) is 8.82. The molecule has 0 atom stereocenters. The summed E-state index contributed by atoms with van der Waals surface area (Å²) in [5, 5.41) is 4.13. The second-order valence-corrected chi connectivity index (χ2v) is 6.74. The number of anilines is 1. The molecule has 0 heterocycles. The number of halogens is 2. The van der Waals surface area contributed by atoms with Crippen molar-refractivity contribution in [2.24, 2.45) is 0 Å². The van der Waals surface area contributed by atoms with Crippen LogP contribution in [0, 0.1) is 0 Å². The van der Waals surface area contributed by atoms with Crippen LogP contribution in [0.1, 0.15) is 11.1 Å². The first-order valence-electron chi connectivity index (χ1n) is 7.65. The zero-order valence-corrected chi connectivity index (χ0v) is 15.3. The molecule has 1 N–H and O–H groups in total. The Kier molecular flexibility index (Phi) is 5.78. The first kappa shape index (κ1) is 16.9. The lowest BCUT2D eigenvalue weighted by Crippen LogP contribution is -2.04. The predicted octanol–water partition coefficient (Wildman–Crippen LogP) is 6.29. The van der Waals surface area contributed by atoms with Gasteiger partial charge in [0.05, 0.1) is 0 Å². The smallest absolute Gasteiger partial charge is 0.124 e. The largest absolute Gasteiger partial charge is 0.489 e. The van der Waals surface area contributed by atoms with E-state index in [-0.39, 0.29) is 0 Å². The van der Waals surface area contributed by atoms with Gasteiger partial charge in [-0.3, -0.25) is 0 Å². The maximum absolute atomic E-state index is 6.02. The molecule has 122 valence electrons. The van der Waals surface area contributed by atoms with E-state index in [1.165, 1.54) is 0 Å². The molecule has 0 amide bonds. The molecular formula is C20H17BrClNO. The van der Waals surface area contributed by atoms with Gasteiger partial charge in [0.1, 0.15) is 12.4 Å². The Labute approximate surface area is 155 Å². The third-order valence-corrected chi connectivity index (χ3v) is 4.29. The fourth-order valence-electron chi connectivity index (χ4n) is 2.37. The SMILES string of the molecule is Clc1cccc(COc2ccc(Br)cc2CNc2ccccc2)c1. The van der Waals surface area contributed by atoms with Crippen LogP contribution in [0.3, 0.4) is 0 Å². The molecule has 0 aliphatic rings. The van der Waals surface area contributed by atoms with Crippen LogP contribution >= 0.6 is 27.5 Å². The summed E-state index contributed by atoms with van der Waals surface area (Å²) in [6.07, 6.45) is 0. The highest BCUT2D eigenvalue weighted by Crippen LogP contribution is 2.25. The monoisotopic (exact) mass is 401 g/mol. The quantitative estimate of drug-likeness (QED) is 0.523. The number of benzene rings is 3. The van der Waals surface area contributed by atoms with Gasteiger partial charge in [-0.05, 0) is 48.0 Å². The Bertz CT molecular complexity index is 808. The van der Waals surface area contributed by atoms with E-state index in [0.29, 0.717) is 13.2 Å². The summed E-state index contributed by atoms with van der Waals surface area (Å²) < 4.78 is 7.03. The molecule has 0 aliphatic carbocycles.